The molecule has 0 aliphatic carbocycles. The summed E-state index contributed by atoms with van der Waals surface area (Å²) < 4.78 is 39.8. The molecular formula is C11H7ClFN3O4S. The fraction of sp³-hybridized carbons (Fsp3) is 0. The second kappa shape index (κ2) is 5.62. The summed E-state index contributed by atoms with van der Waals surface area (Å²) in [6, 6.07) is 4.90. The van der Waals surface area contributed by atoms with Crippen LogP contribution in [0.3, 0.4) is 0 Å². The summed E-state index contributed by atoms with van der Waals surface area (Å²) in [6.45, 7) is 0. The van der Waals surface area contributed by atoms with E-state index in [0.29, 0.717) is 6.07 Å². The lowest BCUT2D eigenvalue weighted by Gasteiger charge is -2.08. The van der Waals surface area contributed by atoms with Gasteiger partial charge in [-0.3, -0.25) is 14.8 Å². The summed E-state index contributed by atoms with van der Waals surface area (Å²) in [6.07, 6.45) is 1.27. The zero-order valence-electron chi connectivity index (χ0n) is 10.2. The molecule has 0 spiro atoms. The van der Waals surface area contributed by atoms with E-state index in [4.69, 9.17) is 11.6 Å². The van der Waals surface area contributed by atoms with Crippen molar-refractivity contribution in [2.75, 3.05) is 4.72 Å². The van der Waals surface area contributed by atoms with Gasteiger partial charge in [0.15, 0.2) is 5.82 Å². The molecule has 110 valence electrons. The van der Waals surface area contributed by atoms with E-state index in [1.165, 1.54) is 18.3 Å². The van der Waals surface area contributed by atoms with Gasteiger partial charge in [-0.2, -0.15) is 0 Å². The van der Waals surface area contributed by atoms with Gasteiger partial charge >= 0.3 is 0 Å². The molecule has 0 saturated carbocycles. The van der Waals surface area contributed by atoms with Gasteiger partial charge in [0.2, 0.25) is 0 Å². The van der Waals surface area contributed by atoms with Crippen LogP contribution in [-0.4, -0.2) is 18.3 Å². The van der Waals surface area contributed by atoms with E-state index in [-0.39, 0.29) is 10.8 Å². The van der Waals surface area contributed by atoms with Crippen molar-refractivity contribution in [1.82, 2.24) is 4.98 Å². The van der Waals surface area contributed by atoms with E-state index in [0.717, 1.165) is 12.1 Å². The van der Waals surface area contributed by atoms with Crippen LogP contribution in [0.15, 0.2) is 41.4 Å². The standard InChI is InChI=1S/C11H7ClFN3O4S/c12-7-3-4-14-11(5-7)15-21(19,20)10-2-1-8(16(17)18)6-9(10)13/h1-6H,(H,14,15). The van der Waals surface area contributed by atoms with E-state index in [9.17, 15) is 22.9 Å². The molecule has 10 heteroatoms. The second-order valence-electron chi connectivity index (χ2n) is 3.84. The van der Waals surface area contributed by atoms with Crippen LogP contribution in [0.4, 0.5) is 15.9 Å². The van der Waals surface area contributed by atoms with Gasteiger partial charge in [0.25, 0.3) is 15.7 Å². The van der Waals surface area contributed by atoms with Gasteiger partial charge in [0, 0.05) is 23.4 Å². The number of nitro benzene ring substituents is 1. The number of nitrogens with one attached hydrogen (secondary N) is 1. The van der Waals surface area contributed by atoms with Crippen LogP contribution < -0.4 is 4.72 Å². The van der Waals surface area contributed by atoms with Gasteiger partial charge < -0.3 is 0 Å². The highest BCUT2D eigenvalue weighted by Crippen LogP contribution is 2.23. The Morgan fingerprint density at radius 1 is 1.29 bits per heavy atom. The number of anilines is 1. The molecule has 0 aliphatic heterocycles. The first kappa shape index (κ1) is 15.1. The van der Waals surface area contributed by atoms with Crippen molar-refractivity contribution in [3.8, 4) is 0 Å². The third-order valence-corrected chi connectivity index (χ3v) is 4.00. The maximum atomic E-state index is 13.7. The molecule has 1 N–H and O–H groups in total. The predicted molar refractivity (Wildman–Crippen MR) is 73.1 cm³/mol. The highest BCUT2D eigenvalue weighted by Gasteiger charge is 2.22. The quantitative estimate of drug-likeness (QED) is 0.685. The summed E-state index contributed by atoms with van der Waals surface area (Å²) in [7, 11) is -4.27. The maximum Gasteiger partial charge on any atom is 0.272 e. The number of halogens is 2. The van der Waals surface area contributed by atoms with Crippen molar-refractivity contribution in [2.45, 2.75) is 4.90 Å². The van der Waals surface area contributed by atoms with E-state index in [1.807, 2.05) is 4.72 Å². The number of rotatable bonds is 4. The minimum absolute atomic E-state index is 0.0970. The van der Waals surface area contributed by atoms with E-state index >= 15 is 0 Å². The number of nitrogens with zero attached hydrogens (tertiary/aromatic N) is 2. The number of pyridine rings is 1. The van der Waals surface area contributed by atoms with Gasteiger partial charge in [-0.05, 0) is 12.1 Å². The predicted octanol–water partition coefficient (Wildman–Crippen LogP) is 2.58. The van der Waals surface area contributed by atoms with Crippen LogP contribution in [0, 0.1) is 15.9 Å². The third-order valence-electron chi connectivity index (χ3n) is 2.38. The molecule has 21 heavy (non-hydrogen) atoms. The monoisotopic (exact) mass is 331 g/mol. The van der Waals surface area contributed by atoms with Crippen LogP contribution >= 0.6 is 11.6 Å². The molecule has 7 nitrogen and oxygen atoms in total. The average molecular weight is 332 g/mol. The van der Waals surface area contributed by atoms with Crippen LogP contribution in [-0.2, 0) is 10.0 Å². The number of hydrogen-bond donors (Lipinski definition) is 1. The Labute approximate surface area is 123 Å². The number of sulfonamides is 1. The normalized spacial score (nSPS) is 11.1. The first-order chi connectivity index (χ1) is 9.79. The number of hydrogen-bond acceptors (Lipinski definition) is 5. The molecule has 0 aliphatic rings. The fourth-order valence-electron chi connectivity index (χ4n) is 1.47. The lowest BCUT2D eigenvalue weighted by atomic mass is 10.3. The van der Waals surface area contributed by atoms with Crippen LogP contribution in [0.2, 0.25) is 5.02 Å². The molecule has 0 atom stereocenters. The summed E-state index contributed by atoms with van der Waals surface area (Å²) in [4.78, 5) is 12.7. The van der Waals surface area contributed by atoms with Crippen molar-refractivity contribution < 1.29 is 17.7 Å². The summed E-state index contributed by atoms with van der Waals surface area (Å²) >= 11 is 5.68. The Balaban J connectivity index is 2.38. The molecule has 0 fully saturated rings. The largest absolute Gasteiger partial charge is 0.272 e. The maximum absolute atomic E-state index is 13.7. The van der Waals surface area contributed by atoms with Gasteiger partial charge in [0.05, 0.1) is 11.0 Å². The minimum Gasteiger partial charge on any atom is -0.263 e. The summed E-state index contributed by atoms with van der Waals surface area (Å²) in [5, 5.41) is 10.7. The second-order valence-corrected chi connectivity index (χ2v) is 5.92. The van der Waals surface area contributed by atoms with Crippen molar-refractivity contribution >= 4 is 33.1 Å². The van der Waals surface area contributed by atoms with Crippen LogP contribution in [0.5, 0.6) is 0 Å². The Morgan fingerprint density at radius 2 is 2.00 bits per heavy atom. The number of benzene rings is 1. The van der Waals surface area contributed by atoms with Gasteiger partial charge in [0.1, 0.15) is 10.7 Å². The molecular weight excluding hydrogens is 325 g/mol. The Kier molecular flexibility index (Phi) is 4.05. The lowest BCUT2D eigenvalue weighted by Crippen LogP contribution is -2.15. The molecule has 0 radical (unpaired) electrons. The Bertz CT molecular complexity index is 813. The third kappa shape index (κ3) is 3.44. The number of nitro groups is 1. The Hall–Kier alpha value is -2.26. The van der Waals surface area contributed by atoms with Gasteiger partial charge in [-0.15, -0.1) is 0 Å². The highest BCUT2D eigenvalue weighted by molar-refractivity contribution is 7.92. The van der Waals surface area contributed by atoms with Gasteiger partial charge in [-0.1, -0.05) is 11.6 Å². The zero-order chi connectivity index (χ0) is 15.6. The van der Waals surface area contributed by atoms with E-state index in [1.54, 1.807) is 0 Å². The fourth-order valence-corrected chi connectivity index (χ4v) is 2.69. The Morgan fingerprint density at radius 3 is 2.57 bits per heavy atom. The van der Waals surface area contributed by atoms with Crippen molar-refractivity contribution in [2.24, 2.45) is 0 Å². The van der Waals surface area contributed by atoms with Gasteiger partial charge in [-0.25, -0.2) is 17.8 Å². The first-order valence-corrected chi connectivity index (χ1v) is 7.24. The number of aromatic nitrogens is 1. The molecule has 2 aromatic rings. The first-order valence-electron chi connectivity index (χ1n) is 5.38. The molecule has 0 saturated heterocycles. The van der Waals surface area contributed by atoms with Crippen LogP contribution in [0.25, 0.3) is 0 Å². The molecule has 1 aromatic heterocycles. The molecule has 1 heterocycles. The SMILES string of the molecule is O=[N+]([O-])c1ccc(S(=O)(=O)Nc2cc(Cl)ccn2)c(F)c1. The lowest BCUT2D eigenvalue weighted by molar-refractivity contribution is -0.385. The summed E-state index contributed by atoms with van der Waals surface area (Å²) in [5.41, 5.74) is -0.549. The van der Waals surface area contributed by atoms with Crippen molar-refractivity contribution in [1.29, 1.82) is 0 Å². The topological polar surface area (TPSA) is 102 Å². The summed E-state index contributed by atoms with van der Waals surface area (Å²) in [5.74, 6) is -1.33. The van der Waals surface area contributed by atoms with Crippen molar-refractivity contribution in [3.63, 3.8) is 0 Å². The average Bonchev–Trinajstić information content (AvgIpc) is 2.37. The zero-order valence-corrected chi connectivity index (χ0v) is 11.7. The molecule has 0 unspecified atom stereocenters. The molecule has 0 bridgehead atoms. The molecule has 1 aromatic carbocycles. The molecule has 0 amide bonds. The highest BCUT2D eigenvalue weighted by atomic mass is 35.5. The van der Waals surface area contributed by atoms with E-state index < -0.39 is 31.3 Å². The molecule has 2 rings (SSSR count). The van der Waals surface area contributed by atoms with E-state index in [2.05, 4.69) is 4.98 Å². The smallest absolute Gasteiger partial charge is 0.263 e. The number of non-ortho nitro benzene ring substituents is 1. The van der Waals surface area contributed by atoms with Crippen LogP contribution in [0.1, 0.15) is 0 Å². The van der Waals surface area contributed by atoms with Crippen molar-refractivity contribution in [3.05, 3.63) is 57.5 Å². The minimum atomic E-state index is -4.27.